The van der Waals surface area contributed by atoms with Crippen LogP contribution in [0.25, 0.3) is 0 Å². The van der Waals surface area contributed by atoms with Crippen molar-refractivity contribution in [2.45, 2.75) is 59.0 Å². The SMILES string of the molecule is COC(=O)c1ccc(Oc2cc(NC(=O)COC3CC(C)CCC3C(C)C)ccc2NC(=O)CCC(=O)O)cc1. The average molecular weight is 555 g/mol. The van der Waals surface area contributed by atoms with E-state index in [9.17, 15) is 19.2 Å². The van der Waals surface area contributed by atoms with Crippen molar-refractivity contribution < 1.29 is 38.5 Å². The van der Waals surface area contributed by atoms with Gasteiger partial charge in [0.15, 0.2) is 5.75 Å². The van der Waals surface area contributed by atoms with Crippen LogP contribution in [0.3, 0.4) is 0 Å². The van der Waals surface area contributed by atoms with E-state index in [0.717, 1.165) is 12.8 Å². The highest BCUT2D eigenvalue weighted by Gasteiger charge is 2.31. The maximum Gasteiger partial charge on any atom is 0.337 e. The first kappa shape index (κ1) is 30.6. The highest BCUT2D eigenvalue weighted by molar-refractivity contribution is 5.96. The number of carbonyl (C=O) groups is 4. The van der Waals surface area contributed by atoms with Gasteiger partial charge in [0.25, 0.3) is 0 Å². The molecule has 40 heavy (non-hydrogen) atoms. The van der Waals surface area contributed by atoms with E-state index < -0.39 is 17.8 Å². The molecule has 1 saturated carbocycles. The zero-order chi connectivity index (χ0) is 29.2. The molecular formula is C30H38N2O8. The Balaban J connectivity index is 1.73. The van der Waals surface area contributed by atoms with Crippen molar-refractivity contribution >= 4 is 35.1 Å². The van der Waals surface area contributed by atoms with Crippen molar-refractivity contribution in [3.05, 3.63) is 48.0 Å². The van der Waals surface area contributed by atoms with Gasteiger partial charge in [-0.3, -0.25) is 14.4 Å². The van der Waals surface area contributed by atoms with Crippen LogP contribution in [-0.4, -0.2) is 48.7 Å². The quantitative estimate of drug-likeness (QED) is 0.293. The zero-order valence-corrected chi connectivity index (χ0v) is 23.4. The van der Waals surface area contributed by atoms with Gasteiger partial charge >= 0.3 is 11.9 Å². The number of aliphatic carboxylic acids is 1. The number of carbonyl (C=O) groups excluding carboxylic acids is 3. The van der Waals surface area contributed by atoms with Crippen molar-refractivity contribution in [3.63, 3.8) is 0 Å². The lowest BCUT2D eigenvalue weighted by Gasteiger charge is -2.37. The first-order chi connectivity index (χ1) is 19.0. The smallest absolute Gasteiger partial charge is 0.337 e. The number of ether oxygens (including phenoxy) is 3. The third-order valence-electron chi connectivity index (χ3n) is 7.00. The number of hydrogen-bond donors (Lipinski definition) is 3. The fraction of sp³-hybridized carbons (Fsp3) is 0.467. The number of carboxylic acids is 1. The molecule has 1 aliphatic rings. The summed E-state index contributed by atoms with van der Waals surface area (Å²) in [5, 5.41) is 14.3. The molecule has 3 rings (SSSR count). The third kappa shape index (κ3) is 9.08. The highest BCUT2D eigenvalue weighted by atomic mass is 16.5. The Labute approximate surface area is 234 Å². The van der Waals surface area contributed by atoms with Gasteiger partial charge in [-0.15, -0.1) is 0 Å². The van der Waals surface area contributed by atoms with Gasteiger partial charge in [-0.05, 0) is 67.0 Å². The van der Waals surface area contributed by atoms with E-state index in [2.05, 4.69) is 31.4 Å². The van der Waals surface area contributed by atoms with Gasteiger partial charge in [0.1, 0.15) is 12.4 Å². The van der Waals surface area contributed by atoms with Crippen molar-refractivity contribution in [2.75, 3.05) is 24.4 Å². The molecule has 0 saturated heterocycles. The molecule has 1 fully saturated rings. The average Bonchev–Trinajstić information content (AvgIpc) is 2.92. The minimum absolute atomic E-state index is 0.0322. The van der Waals surface area contributed by atoms with Gasteiger partial charge in [0.05, 0.1) is 30.9 Å². The summed E-state index contributed by atoms with van der Waals surface area (Å²) in [5.74, 6) is -0.359. The number of rotatable bonds is 12. The number of methoxy groups -OCH3 is 1. The Hall–Kier alpha value is -3.92. The third-order valence-corrected chi connectivity index (χ3v) is 7.00. The molecule has 216 valence electrons. The second-order valence-corrected chi connectivity index (χ2v) is 10.5. The van der Waals surface area contributed by atoms with Crippen molar-refractivity contribution in [1.82, 2.24) is 0 Å². The fourth-order valence-electron chi connectivity index (χ4n) is 4.81. The van der Waals surface area contributed by atoms with E-state index >= 15 is 0 Å². The topological polar surface area (TPSA) is 140 Å². The first-order valence-electron chi connectivity index (χ1n) is 13.5. The fourth-order valence-corrected chi connectivity index (χ4v) is 4.81. The summed E-state index contributed by atoms with van der Waals surface area (Å²) in [5.41, 5.74) is 1.05. The van der Waals surface area contributed by atoms with E-state index in [1.165, 1.54) is 25.7 Å². The monoisotopic (exact) mass is 554 g/mol. The molecule has 1 aliphatic carbocycles. The summed E-state index contributed by atoms with van der Waals surface area (Å²) < 4.78 is 16.7. The summed E-state index contributed by atoms with van der Waals surface area (Å²) in [7, 11) is 1.29. The summed E-state index contributed by atoms with van der Waals surface area (Å²) >= 11 is 0. The number of anilines is 2. The van der Waals surface area contributed by atoms with Gasteiger partial charge in [-0.25, -0.2) is 4.79 Å². The van der Waals surface area contributed by atoms with E-state index in [1.54, 1.807) is 30.3 Å². The molecule has 2 amide bonds. The number of esters is 1. The van der Waals surface area contributed by atoms with Gasteiger partial charge < -0.3 is 30.0 Å². The molecule has 0 bridgehead atoms. The minimum atomic E-state index is -1.08. The molecule has 0 heterocycles. The Kier molecular flexibility index (Phi) is 11.1. The van der Waals surface area contributed by atoms with Gasteiger partial charge in [-0.2, -0.15) is 0 Å². The Morgan fingerprint density at radius 1 is 0.975 bits per heavy atom. The van der Waals surface area contributed by atoms with Crippen LogP contribution in [0.5, 0.6) is 11.5 Å². The van der Waals surface area contributed by atoms with Crippen LogP contribution in [0.2, 0.25) is 0 Å². The number of carboxylic acid groups (broad SMARTS) is 1. The highest BCUT2D eigenvalue weighted by Crippen LogP contribution is 2.36. The predicted octanol–water partition coefficient (Wildman–Crippen LogP) is 5.48. The van der Waals surface area contributed by atoms with Crippen LogP contribution in [0.4, 0.5) is 11.4 Å². The van der Waals surface area contributed by atoms with Crippen LogP contribution in [0.15, 0.2) is 42.5 Å². The lowest BCUT2D eigenvalue weighted by Crippen LogP contribution is -2.36. The number of hydrogen-bond acceptors (Lipinski definition) is 7. The van der Waals surface area contributed by atoms with E-state index in [-0.39, 0.29) is 42.9 Å². The molecular weight excluding hydrogens is 516 g/mol. The Bertz CT molecular complexity index is 1190. The molecule has 10 nitrogen and oxygen atoms in total. The second kappa shape index (κ2) is 14.5. The molecule has 10 heteroatoms. The summed E-state index contributed by atoms with van der Waals surface area (Å²) in [6, 6.07) is 10.9. The molecule has 3 unspecified atom stereocenters. The molecule has 3 atom stereocenters. The Morgan fingerprint density at radius 3 is 2.35 bits per heavy atom. The van der Waals surface area contributed by atoms with E-state index in [0.29, 0.717) is 34.8 Å². The maximum absolute atomic E-state index is 12.8. The van der Waals surface area contributed by atoms with Crippen molar-refractivity contribution in [1.29, 1.82) is 0 Å². The number of nitrogens with one attached hydrogen (secondary N) is 2. The lowest BCUT2D eigenvalue weighted by atomic mass is 9.75. The summed E-state index contributed by atoms with van der Waals surface area (Å²) in [6.07, 6.45) is 2.69. The van der Waals surface area contributed by atoms with Gasteiger partial charge in [0, 0.05) is 18.2 Å². The van der Waals surface area contributed by atoms with Gasteiger partial charge in [-0.1, -0.05) is 27.2 Å². The van der Waals surface area contributed by atoms with Crippen LogP contribution in [-0.2, 0) is 23.9 Å². The van der Waals surface area contributed by atoms with Crippen LogP contribution in [0, 0.1) is 17.8 Å². The van der Waals surface area contributed by atoms with Crippen molar-refractivity contribution in [2.24, 2.45) is 17.8 Å². The van der Waals surface area contributed by atoms with Gasteiger partial charge in [0.2, 0.25) is 11.8 Å². The second-order valence-electron chi connectivity index (χ2n) is 10.5. The van der Waals surface area contributed by atoms with E-state index in [1.807, 2.05) is 0 Å². The predicted molar refractivity (Wildman–Crippen MR) is 150 cm³/mol. The molecule has 2 aromatic rings. The standard InChI is InChI=1S/C30H38N2O8/c1-18(2)23-11-5-19(3)15-25(23)39-17-28(34)31-21-8-12-24(32-27(33)13-14-29(35)36)26(16-21)40-22-9-6-20(7-10-22)30(37)38-4/h6-10,12,16,18-19,23,25H,5,11,13-15,17H2,1-4H3,(H,31,34)(H,32,33)(H,35,36). The number of amides is 2. The molecule has 0 spiro atoms. The Morgan fingerprint density at radius 2 is 1.70 bits per heavy atom. The molecule has 2 aromatic carbocycles. The zero-order valence-electron chi connectivity index (χ0n) is 23.4. The van der Waals surface area contributed by atoms with Crippen LogP contribution >= 0.6 is 0 Å². The van der Waals surface area contributed by atoms with E-state index in [4.69, 9.17) is 19.3 Å². The minimum Gasteiger partial charge on any atom is -0.481 e. The first-order valence-corrected chi connectivity index (χ1v) is 13.5. The molecule has 0 aliphatic heterocycles. The molecule has 0 radical (unpaired) electrons. The normalized spacial score (nSPS) is 18.6. The number of benzene rings is 2. The summed E-state index contributed by atoms with van der Waals surface area (Å²) in [4.78, 5) is 47.7. The largest absolute Gasteiger partial charge is 0.481 e. The van der Waals surface area contributed by atoms with Crippen molar-refractivity contribution in [3.8, 4) is 11.5 Å². The van der Waals surface area contributed by atoms with Crippen LogP contribution in [0.1, 0.15) is 63.2 Å². The maximum atomic E-state index is 12.8. The molecule has 0 aromatic heterocycles. The lowest BCUT2D eigenvalue weighted by molar-refractivity contribution is -0.138. The summed E-state index contributed by atoms with van der Waals surface area (Å²) in [6.45, 7) is 6.49. The van der Waals surface area contributed by atoms with Crippen LogP contribution < -0.4 is 15.4 Å². The molecule has 3 N–H and O–H groups in total.